The average molecular weight is 504 g/mol. The van der Waals surface area contributed by atoms with Crippen LogP contribution in [0.4, 0.5) is 34.9 Å². The fourth-order valence-electron chi connectivity index (χ4n) is 4.29. The minimum absolute atomic E-state index is 0.0112. The Morgan fingerprint density at radius 1 is 1.03 bits per heavy atom. The summed E-state index contributed by atoms with van der Waals surface area (Å²) in [5, 5.41) is 13.3. The standard InChI is InChI=1S/C26H29F4N5O/c1-15(2)22-33-21-10-13-35(24-19(26(28,29)30)6-5-11-31-24)12-9-17(21)23(34-22)32-16-7-8-18(20(27)14-16)25(3,4)36/h5-8,11,14-15,36H,9-10,12-13H2,1-4H3,(H,32,33,34). The molecule has 3 heterocycles. The van der Waals surface area contributed by atoms with Crippen LogP contribution in [0.2, 0.25) is 0 Å². The number of fused-ring (bicyclic) bond motifs is 1. The van der Waals surface area contributed by atoms with E-state index in [-0.39, 0.29) is 23.8 Å². The van der Waals surface area contributed by atoms with Crippen LogP contribution in [0.25, 0.3) is 0 Å². The van der Waals surface area contributed by atoms with Gasteiger partial charge >= 0.3 is 6.18 Å². The first-order chi connectivity index (χ1) is 16.8. The average Bonchev–Trinajstić information content (AvgIpc) is 3.00. The predicted molar refractivity (Wildman–Crippen MR) is 130 cm³/mol. The Labute approximate surface area is 207 Å². The summed E-state index contributed by atoms with van der Waals surface area (Å²) < 4.78 is 55.5. The molecule has 2 N–H and O–H groups in total. The van der Waals surface area contributed by atoms with Gasteiger partial charge in [0.15, 0.2) is 0 Å². The van der Waals surface area contributed by atoms with Crippen molar-refractivity contribution < 1.29 is 22.7 Å². The largest absolute Gasteiger partial charge is 0.419 e. The van der Waals surface area contributed by atoms with E-state index in [1.54, 1.807) is 11.0 Å². The second kappa shape index (κ2) is 9.65. The highest BCUT2D eigenvalue weighted by Crippen LogP contribution is 2.36. The summed E-state index contributed by atoms with van der Waals surface area (Å²) in [6, 6.07) is 6.79. The van der Waals surface area contributed by atoms with Crippen LogP contribution in [0.3, 0.4) is 0 Å². The molecule has 192 valence electrons. The van der Waals surface area contributed by atoms with E-state index >= 15 is 0 Å². The van der Waals surface area contributed by atoms with Crippen molar-refractivity contribution in [1.82, 2.24) is 15.0 Å². The Morgan fingerprint density at radius 3 is 2.39 bits per heavy atom. The summed E-state index contributed by atoms with van der Waals surface area (Å²) in [5.41, 5.74) is 0.0369. The first kappa shape index (κ1) is 25.8. The van der Waals surface area contributed by atoms with Crippen LogP contribution in [0.1, 0.15) is 61.8 Å². The van der Waals surface area contributed by atoms with E-state index in [0.717, 1.165) is 17.3 Å². The first-order valence-electron chi connectivity index (χ1n) is 11.8. The number of hydrogen-bond acceptors (Lipinski definition) is 6. The smallest absolute Gasteiger partial charge is 0.386 e. The van der Waals surface area contributed by atoms with E-state index in [2.05, 4.69) is 15.3 Å². The van der Waals surface area contributed by atoms with Crippen molar-refractivity contribution in [3.05, 3.63) is 70.6 Å². The Hall–Kier alpha value is -3.27. The zero-order valence-electron chi connectivity index (χ0n) is 20.6. The van der Waals surface area contributed by atoms with Gasteiger partial charge in [-0.1, -0.05) is 19.9 Å². The van der Waals surface area contributed by atoms with Gasteiger partial charge in [-0.05, 0) is 44.5 Å². The molecule has 0 aliphatic carbocycles. The molecule has 2 aromatic heterocycles. The van der Waals surface area contributed by atoms with Gasteiger partial charge in [0.2, 0.25) is 0 Å². The van der Waals surface area contributed by atoms with Crippen molar-refractivity contribution in [3.63, 3.8) is 0 Å². The van der Waals surface area contributed by atoms with Gasteiger partial charge in [0.1, 0.15) is 23.3 Å². The second-order valence-corrected chi connectivity index (χ2v) is 9.75. The van der Waals surface area contributed by atoms with Crippen molar-refractivity contribution >= 4 is 17.3 Å². The highest BCUT2D eigenvalue weighted by molar-refractivity contribution is 5.62. The molecule has 0 amide bonds. The van der Waals surface area contributed by atoms with E-state index in [1.807, 2.05) is 13.8 Å². The van der Waals surface area contributed by atoms with Crippen molar-refractivity contribution in [2.45, 2.75) is 58.2 Å². The Balaban J connectivity index is 1.68. The van der Waals surface area contributed by atoms with Gasteiger partial charge in [0.25, 0.3) is 0 Å². The third kappa shape index (κ3) is 5.43. The summed E-state index contributed by atoms with van der Waals surface area (Å²) in [6.45, 7) is 7.53. The van der Waals surface area contributed by atoms with E-state index in [0.29, 0.717) is 36.7 Å². The van der Waals surface area contributed by atoms with Gasteiger partial charge in [-0.2, -0.15) is 13.2 Å². The molecule has 0 spiro atoms. The summed E-state index contributed by atoms with van der Waals surface area (Å²) in [6.07, 6.45) is -2.36. The number of aliphatic hydroxyl groups is 1. The molecule has 0 saturated heterocycles. The normalized spacial score (nSPS) is 14.6. The molecule has 4 rings (SSSR count). The number of nitrogens with one attached hydrogen (secondary N) is 1. The number of pyridine rings is 1. The van der Waals surface area contributed by atoms with Crippen LogP contribution in [0, 0.1) is 5.82 Å². The maximum absolute atomic E-state index is 14.7. The first-order valence-corrected chi connectivity index (χ1v) is 11.8. The number of alkyl halides is 3. The molecule has 0 radical (unpaired) electrons. The zero-order chi connectivity index (χ0) is 26.3. The Kier molecular flexibility index (Phi) is 6.92. The monoisotopic (exact) mass is 503 g/mol. The molecule has 6 nitrogen and oxygen atoms in total. The predicted octanol–water partition coefficient (Wildman–Crippen LogP) is 5.73. The lowest BCUT2D eigenvalue weighted by Gasteiger charge is -2.24. The second-order valence-electron chi connectivity index (χ2n) is 9.75. The van der Waals surface area contributed by atoms with Crippen molar-refractivity contribution in [2.75, 3.05) is 23.3 Å². The molecule has 0 fully saturated rings. The third-order valence-electron chi connectivity index (χ3n) is 6.16. The summed E-state index contributed by atoms with van der Waals surface area (Å²) in [4.78, 5) is 15.0. The Bertz CT molecular complexity index is 1250. The van der Waals surface area contributed by atoms with Gasteiger partial charge in [0, 0.05) is 48.4 Å². The summed E-state index contributed by atoms with van der Waals surface area (Å²) in [7, 11) is 0. The van der Waals surface area contributed by atoms with E-state index in [9.17, 15) is 22.7 Å². The summed E-state index contributed by atoms with van der Waals surface area (Å²) >= 11 is 0. The maximum Gasteiger partial charge on any atom is 0.419 e. The molecular formula is C26H29F4N5O. The number of aromatic nitrogens is 3. The molecule has 1 aliphatic heterocycles. The molecule has 3 aromatic rings. The van der Waals surface area contributed by atoms with Crippen LogP contribution in [0.15, 0.2) is 36.5 Å². The van der Waals surface area contributed by atoms with Crippen LogP contribution >= 0.6 is 0 Å². The van der Waals surface area contributed by atoms with Crippen LogP contribution in [-0.2, 0) is 24.6 Å². The zero-order valence-corrected chi connectivity index (χ0v) is 20.6. The Morgan fingerprint density at radius 2 is 1.75 bits per heavy atom. The van der Waals surface area contributed by atoms with Gasteiger partial charge < -0.3 is 15.3 Å². The molecule has 0 unspecified atom stereocenters. The minimum Gasteiger partial charge on any atom is -0.386 e. The molecule has 1 aliphatic rings. The molecule has 0 saturated carbocycles. The lowest BCUT2D eigenvalue weighted by atomic mass is 9.97. The summed E-state index contributed by atoms with van der Waals surface area (Å²) in [5.74, 6) is 0.439. The van der Waals surface area contributed by atoms with Gasteiger partial charge in [-0.3, -0.25) is 0 Å². The number of benzene rings is 1. The lowest BCUT2D eigenvalue weighted by molar-refractivity contribution is -0.137. The molecule has 10 heteroatoms. The quantitative estimate of drug-likeness (QED) is 0.434. The number of halogens is 4. The topological polar surface area (TPSA) is 74.2 Å². The van der Waals surface area contributed by atoms with Gasteiger partial charge in [-0.15, -0.1) is 0 Å². The highest BCUT2D eigenvalue weighted by Gasteiger charge is 2.36. The number of nitrogens with zero attached hydrogens (tertiary/aromatic N) is 4. The van der Waals surface area contributed by atoms with E-state index in [4.69, 9.17) is 4.98 Å². The lowest BCUT2D eigenvalue weighted by Crippen LogP contribution is -2.29. The molecule has 36 heavy (non-hydrogen) atoms. The van der Waals surface area contributed by atoms with Gasteiger partial charge in [0.05, 0.1) is 16.9 Å². The molecule has 0 bridgehead atoms. The van der Waals surface area contributed by atoms with Crippen LogP contribution in [-0.4, -0.2) is 33.1 Å². The number of rotatable bonds is 5. The SMILES string of the molecule is CC(C)c1nc2c(c(Nc3ccc(C(C)(C)O)c(F)c3)n1)CCN(c1ncccc1C(F)(F)F)CC2. The number of anilines is 3. The van der Waals surface area contributed by atoms with Crippen molar-refractivity contribution in [3.8, 4) is 0 Å². The van der Waals surface area contributed by atoms with Crippen molar-refractivity contribution in [1.29, 1.82) is 0 Å². The van der Waals surface area contributed by atoms with Crippen LogP contribution < -0.4 is 10.2 Å². The number of hydrogen-bond donors (Lipinski definition) is 2. The third-order valence-corrected chi connectivity index (χ3v) is 6.16. The van der Waals surface area contributed by atoms with E-state index in [1.165, 1.54) is 38.2 Å². The minimum atomic E-state index is -4.51. The van der Waals surface area contributed by atoms with Crippen LogP contribution in [0.5, 0.6) is 0 Å². The maximum atomic E-state index is 14.7. The fraction of sp³-hybridized carbons (Fsp3) is 0.423. The highest BCUT2D eigenvalue weighted by atomic mass is 19.4. The molecule has 0 atom stereocenters. The van der Waals surface area contributed by atoms with Crippen molar-refractivity contribution in [2.24, 2.45) is 0 Å². The molecular weight excluding hydrogens is 474 g/mol. The van der Waals surface area contributed by atoms with E-state index < -0.39 is 23.2 Å². The molecule has 1 aromatic carbocycles. The van der Waals surface area contributed by atoms with Gasteiger partial charge in [-0.25, -0.2) is 19.3 Å². The fourth-order valence-corrected chi connectivity index (χ4v) is 4.29.